The SMILES string of the molecule is C1=CC2c3ccccc3C3(c4ccccc4Oc4ccccc43)C2C=C1c1cccc(-c2nc(C3=CCC(c4ccccc4)C=C3)nc(C34CC5CC6C[C@@H](C3)C65C4)n2)c1. The highest BCUT2D eigenvalue weighted by Gasteiger charge is 2.78. The summed E-state index contributed by atoms with van der Waals surface area (Å²) in [6, 6.07) is 46.3. The smallest absolute Gasteiger partial charge is 0.163 e. The number of allylic oxidation sites excluding steroid dienone is 8. The summed E-state index contributed by atoms with van der Waals surface area (Å²) in [7, 11) is 0. The first-order valence-electron chi connectivity index (χ1n) is 22.3. The van der Waals surface area contributed by atoms with Crippen molar-refractivity contribution >= 4 is 11.1 Å². The average Bonchev–Trinajstić information content (AvgIpc) is 3.91. The topological polar surface area (TPSA) is 47.9 Å². The third-order valence-corrected chi connectivity index (χ3v) is 16.8. The van der Waals surface area contributed by atoms with Gasteiger partial charge in [0, 0.05) is 45.4 Å². The summed E-state index contributed by atoms with van der Waals surface area (Å²) < 4.78 is 6.64. The second-order valence-electron chi connectivity index (χ2n) is 19.2. The van der Waals surface area contributed by atoms with Crippen molar-refractivity contribution in [1.82, 2.24) is 15.0 Å². The lowest BCUT2D eigenvalue weighted by molar-refractivity contribution is -0.175. The standard InChI is InChI=1S/C56H45N3O/c1-2-11-34(12-3-1)35-21-23-36(24-22-35)51-57-52(59-53(58-51)54-31-41-29-40-30-42(32-54)55(40,41)33-54)39-14-10-13-37(27-39)38-25-26-44-43-15-4-5-16-45(43)56(48(44)28-38)46-17-6-8-19-49(46)60-50-20-9-7-18-47(50)56/h1-21,23-28,35,40-42,44,48H,22,29-33H2/t35?,40?,41-,42?,44?,48?,54?,55?/m0/s1. The Kier molecular flexibility index (Phi) is 6.74. The van der Waals surface area contributed by atoms with Crippen molar-refractivity contribution in [2.24, 2.45) is 29.1 Å². The van der Waals surface area contributed by atoms with Crippen LogP contribution in [-0.2, 0) is 10.8 Å². The van der Waals surface area contributed by atoms with Gasteiger partial charge in [0.15, 0.2) is 11.6 Å². The zero-order chi connectivity index (χ0) is 39.2. The summed E-state index contributed by atoms with van der Waals surface area (Å²) in [5.74, 6) is 7.98. The number of hydrogen-bond acceptors (Lipinski definition) is 4. The van der Waals surface area contributed by atoms with Crippen molar-refractivity contribution in [3.63, 3.8) is 0 Å². The maximum atomic E-state index is 6.64. The van der Waals surface area contributed by atoms with Crippen LogP contribution in [0.3, 0.4) is 0 Å². The van der Waals surface area contributed by atoms with Crippen molar-refractivity contribution in [1.29, 1.82) is 0 Å². The van der Waals surface area contributed by atoms with E-state index in [2.05, 4.69) is 164 Å². The van der Waals surface area contributed by atoms with E-state index in [9.17, 15) is 0 Å². The molecule has 290 valence electrons. The van der Waals surface area contributed by atoms with E-state index in [4.69, 9.17) is 19.7 Å². The summed E-state index contributed by atoms with van der Waals surface area (Å²) in [6.45, 7) is 0. The van der Waals surface area contributed by atoms with Crippen molar-refractivity contribution in [3.05, 3.63) is 209 Å². The molecule has 0 N–H and O–H groups in total. The molecule has 8 atom stereocenters. The first kappa shape index (κ1) is 33.7. The van der Waals surface area contributed by atoms with Gasteiger partial charge in [-0.05, 0) is 108 Å². The molecule has 4 nitrogen and oxygen atoms in total. The van der Waals surface area contributed by atoms with Crippen LogP contribution in [0.2, 0.25) is 0 Å². The molecule has 4 saturated carbocycles. The van der Waals surface area contributed by atoms with Gasteiger partial charge >= 0.3 is 0 Å². The van der Waals surface area contributed by atoms with E-state index in [1.165, 1.54) is 71.1 Å². The fourth-order valence-electron chi connectivity index (χ4n) is 14.3. The Bertz CT molecular complexity index is 2870. The molecule has 8 aliphatic rings. The van der Waals surface area contributed by atoms with Crippen LogP contribution in [0.5, 0.6) is 11.5 Å². The predicted molar refractivity (Wildman–Crippen MR) is 236 cm³/mol. The molecule has 2 spiro atoms. The Morgan fingerprint density at radius 1 is 0.583 bits per heavy atom. The zero-order valence-corrected chi connectivity index (χ0v) is 33.5. The van der Waals surface area contributed by atoms with Crippen LogP contribution >= 0.6 is 0 Å². The van der Waals surface area contributed by atoms with E-state index in [0.717, 1.165) is 64.3 Å². The summed E-state index contributed by atoms with van der Waals surface area (Å²) in [5.41, 5.74) is 11.4. The Morgan fingerprint density at radius 2 is 1.27 bits per heavy atom. The van der Waals surface area contributed by atoms with E-state index < -0.39 is 5.41 Å². The van der Waals surface area contributed by atoms with Gasteiger partial charge in [0.2, 0.25) is 0 Å². The minimum Gasteiger partial charge on any atom is -0.457 e. The first-order valence-corrected chi connectivity index (χ1v) is 22.3. The lowest BCUT2D eigenvalue weighted by Crippen LogP contribution is -2.59. The lowest BCUT2D eigenvalue weighted by Gasteiger charge is -2.66. The van der Waals surface area contributed by atoms with E-state index in [1.54, 1.807) is 0 Å². The van der Waals surface area contributed by atoms with Crippen LogP contribution in [0.4, 0.5) is 0 Å². The summed E-state index contributed by atoms with van der Waals surface area (Å²) >= 11 is 0. The maximum absolute atomic E-state index is 6.64. The predicted octanol–water partition coefficient (Wildman–Crippen LogP) is 12.6. The van der Waals surface area contributed by atoms with Crippen LogP contribution in [0.15, 0.2) is 164 Å². The zero-order valence-electron chi connectivity index (χ0n) is 33.5. The monoisotopic (exact) mass is 775 g/mol. The van der Waals surface area contributed by atoms with Crippen molar-refractivity contribution < 1.29 is 4.74 Å². The quantitative estimate of drug-likeness (QED) is 0.175. The van der Waals surface area contributed by atoms with Crippen LogP contribution in [-0.4, -0.2) is 15.0 Å². The second kappa shape index (κ2) is 12.0. The highest BCUT2D eigenvalue weighted by Crippen LogP contribution is 2.84. The molecule has 0 amide bonds. The van der Waals surface area contributed by atoms with Crippen LogP contribution in [0.25, 0.3) is 22.5 Å². The van der Waals surface area contributed by atoms with E-state index in [0.29, 0.717) is 11.3 Å². The van der Waals surface area contributed by atoms with Gasteiger partial charge in [-0.1, -0.05) is 146 Å². The summed E-state index contributed by atoms with van der Waals surface area (Å²) in [6.07, 6.45) is 21.9. The van der Waals surface area contributed by atoms with Crippen molar-refractivity contribution in [3.8, 4) is 22.9 Å². The molecule has 60 heavy (non-hydrogen) atoms. The highest BCUT2D eigenvalue weighted by atomic mass is 16.5. The van der Waals surface area contributed by atoms with E-state index in [-0.39, 0.29) is 17.3 Å². The molecule has 4 heteroatoms. The largest absolute Gasteiger partial charge is 0.457 e. The molecule has 7 aliphatic carbocycles. The molecule has 2 bridgehead atoms. The third-order valence-electron chi connectivity index (χ3n) is 16.8. The van der Waals surface area contributed by atoms with Crippen molar-refractivity contribution in [2.45, 2.75) is 61.2 Å². The molecule has 14 rings (SSSR count). The number of benzene rings is 5. The van der Waals surface area contributed by atoms with Gasteiger partial charge in [-0.2, -0.15) is 0 Å². The molecular formula is C56H45N3O. The fraction of sp³-hybridized carbons (Fsp3) is 0.268. The molecule has 7 unspecified atom stereocenters. The van der Waals surface area contributed by atoms with Gasteiger partial charge in [-0.25, -0.2) is 15.0 Å². The molecule has 0 saturated heterocycles. The Hall–Kier alpha value is -6.13. The Labute approximate surface area is 351 Å². The molecule has 1 aromatic heterocycles. The van der Waals surface area contributed by atoms with Crippen LogP contribution in [0, 0.1) is 29.1 Å². The normalized spacial score (nSPS) is 31.1. The summed E-state index contributed by atoms with van der Waals surface area (Å²) in [4.78, 5) is 16.3. The molecule has 6 aromatic rings. The van der Waals surface area contributed by atoms with Crippen molar-refractivity contribution in [2.75, 3.05) is 0 Å². The van der Waals surface area contributed by atoms with Gasteiger partial charge in [0.05, 0.1) is 5.41 Å². The first-order chi connectivity index (χ1) is 29.6. The Balaban J connectivity index is 0.884. The number of rotatable bonds is 5. The number of aromatic nitrogens is 3. The van der Waals surface area contributed by atoms with Gasteiger partial charge in [0.1, 0.15) is 17.3 Å². The molecular weight excluding hydrogens is 731 g/mol. The third kappa shape index (κ3) is 4.34. The Morgan fingerprint density at radius 3 is 2.00 bits per heavy atom. The average molecular weight is 776 g/mol. The van der Waals surface area contributed by atoms with Crippen LogP contribution < -0.4 is 4.74 Å². The van der Waals surface area contributed by atoms with Gasteiger partial charge < -0.3 is 4.74 Å². The minimum absolute atomic E-state index is 0.0713. The van der Waals surface area contributed by atoms with E-state index >= 15 is 0 Å². The number of fused-ring (bicyclic) bond motifs is 10. The van der Waals surface area contributed by atoms with Crippen LogP contribution in [0.1, 0.15) is 95.4 Å². The minimum atomic E-state index is -0.391. The van der Waals surface area contributed by atoms with Gasteiger partial charge in [0.25, 0.3) is 0 Å². The molecule has 2 heterocycles. The van der Waals surface area contributed by atoms with Gasteiger partial charge in [-0.15, -0.1) is 0 Å². The second-order valence-corrected chi connectivity index (χ2v) is 19.2. The highest BCUT2D eigenvalue weighted by molar-refractivity contribution is 5.81. The number of nitrogens with zero attached hydrogens (tertiary/aromatic N) is 3. The number of hydrogen-bond donors (Lipinski definition) is 0. The molecule has 5 aromatic carbocycles. The maximum Gasteiger partial charge on any atom is 0.163 e. The molecule has 4 fully saturated rings. The summed E-state index contributed by atoms with van der Waals surface area (Å²) in [5, 5.41) is 0. The van der Waals surface area contributed by atoms with E-state index in [1.807, 2.05) is 0 Å². The number of para-hydroxylation sites is 2. The molecule has 0 radical (unpaired) electrons. The number of ether oxygens (including phenoxy) is 1. The lowest BCUT2D eigenvalue weighted by atomic mass is 9.38. The fourth-order valence-corrected chi connectivity index (χ4v) is 14.3. The molecule has 1 aliphatic heterocycles. The van der Waals surface area contributed by atoms with Gasteiger partial charge in [-0.3, -0.25) is 0 Å².